The summed E-state index contributed by atoms with van der Waals surface area (Å²) in [7, 11) is -3.57. The lowest BCUT2D eigenvalue weighted by Gasteiger charge is -2.09. The van der Waals surface area contributed by atoms with Crippen LogP contribution >= 0.6 is 11.8 Å². The van der Waals surface area contributed by atoms with Crippen LogP contribution in [0.4, 0.5) is 4.79 Å². The number of ether oxygens (including phenoxy) is 1. The van der Waals surface area contributed by atoms with E-state index in [-0.39, 0.29) is 34.2 Å². The number of oxime groups is 1. The normalized spacial score (nSPS) is 16.0. The minimum Gasteiger partial charge on any atom is -0.490 e. The molecule has 10 heteroatoms. The summed E-state index contributed by atoms with van der Waals surface area (Å²) in [6.07, 6.45) is 0.471. The molecule has 8 nitrogen and oxygen atoms in total. The first-order valence-corrected chi connectivity index (χ1v) is 13.5. The van der Waals surface area contributed by atoms with Gasteiger partial charge in [-0.15, -0.1) is 0 Å². The molecule has 1 saturated heterocycles. The Bertz CT molecular complexity index is 1360. The third-order valence-electron chi connectivity index (χ3n) is 5.39. The van der Waals surface area contributed by atoms with Crippen molar-refractivity contribution >= 4 is 38.5 Å². The van der Waals surface area contributed by atoms with Crippen molar-refractivity contribution in [3.05, 3.63) is 90.0 Å². The molecule has 1 aliphatic rings. The van der Waals surface area contributed by atoms with Crippen molar-refractivity contribution in [1.82, 2.24) is 5.32 Å². The Morgan fingerprint density at radius 3 is 2.22 bits per heavy atom. The number of nitrogens with one attached hydrogen (secondary N) is 1. The number of benzene rings is 3. The third-order valence-corrected chi connectivity index (χ3v) is 8.16. The van der Waals surface area contributed by atoms with E-state index < -0.39 is 15.1 Å². The van der Waals surface area contributed by atoms with Gasteiger partial charge in [-0.2, -0.15) is 0 Å². The monoisotopic (exact) mass is 524 g/mol. The Balaban J connectivity index is 1.23. The predicted molar refractivity (Wildman–Crippen MR) is 137 cm³/mol. The molecule has 1 aliphatic heterocycles. The second kappa shape index (κ2) is 11.4. The molecule has 3 aromatic rings. The number of sulfone groups is 1. The van der Waals surface area contributed by atoms with Gasteiger partial charge >= 0.3 is 0 Å². The smallest absolute Gasteiger partial charge is 0.286 e. The van der Waals surface area contributed by atoms with Crippen LogP contribution in [0.5, 0.6) is 5.75 Å². The minimum atomic E-state index is -3.57. The molecule has 1 heterocycles. The number of imide groups is 1. The van der Waals surface area contributed by atoms with Crippen molar-refractivity contribution in [1.29, 1.82) is 0 Å². The van der Waals surface area contributed by atoms with E-state index in [2.05, 4.69) is 10.5 Å². The van der Waals surface area contributed by atoms with Crippen molar-refractivity contribution in [2.75, 3.05) is 13.2 Å². The first-order valence-electron chi connectivity index (χ1n) is 11.1. The van der Waals surface area contributed by atoms with Crippen LogP contribution in [0.3, 0.4) is 0 Å². The van der Waals surface area contributed by atoms with Gasteiger partial charge in [0.15, 0.2) is 6.61 Å². The lowest BCUT2D eigenvalue weighted by atomic mass is 10.1. The van der Waals surface area contributed by atoms with Crippen LogP contribution < -0.4 is 10.1 Å². The van der Waals surface area contributed by atoms with E-state index in [0.717, 1.165) is 22.9 Å². The van der Waals surface area contributed by atoms with Crippen LogP contribution in [0, 0.1) is 0 Å². The van der Waals surface area contributed by atoms with Gasteiger partial charge < -0.3 is 9.57 Å². The number of thioether (sulfide) groups is 1. The van der Waals surface area contributed by atoms with Crippen molar-refractivity contribution in [2.24, 2.45) is 5.16 Å². The van der Waals surface area contributed by atoms with Gasteiger partial charge in [0.2, 0.25) is 15.7 Å². The summed E-state index contributed by atoms with van der Waals surface area (Å²) in [5.41, 5.74) is 2.29. The number of hydrogen-bond acceptors (Lipinski definition) is 8. The summed E-state index contributed by atoms with van der Waals surface area (Å²) < 4.78 is 31.0. The fraction of sp³-hybridized carbons (Fsp3) is 0.192. The molecule has 1 fully saturated rings. The lowest BCUT2D eigenvalue weighted by molar-refractivity contribution is -0.118. The van der Waals surface area contributed by atoms with E-state index in [0.29, 0.717) is 17.9 Å². The van der Waals surface area contributed by atoms with Crippen molar-refractivity contribution in [3.8, 4) is 5.75 Å². The molecule has 2 amide bonds. The van der Waals surface area contributed by atoms with Crippen LogP contribution in [0.15, 0.2) is 93.8 Å². The van der Waals surface area contributed by atoms with E-state index in [9.17, 15) is 18.0 Å². The van der Waals surface area contributed by atoms with Gasteiger partial charge in [0.05, 0.1) is 20.8 Å². The van der Waals surface area contributed by atoms with Crippen molar-refractivity contribution in [2.45, 2.75) is 28.4 Å². The molecular formula is C26H24N2O6S2. The van der Waals surface area contributed by atoms with Gasteiger partial charge in [-0.05, 0) is 60.9 Å². The molecule has 1 N–H and O–H groups in total. The average molecular weight is 525 g/mol. The van der Waals surface area contributed by atoms with Gasteiger partial charge in [0, 0.05) is 0 Å². The molecule has 0 spiro atoms. The van der Waals surface area contributed by atoms with Gasteiger partial charge in [-0.25, -0.2) is 8.42 Å². The number of amides is 2. The molecule has 0 bridgehead atoms. The SMILES string of the molecule is C/C(=N\OCCOc1ccc(CC2SC(=O)NC2=O)cc1)c1ccc(S(=O)(=O)c2ccccc2)cc1. The molecule has 186 valence electrons. The van der Waals surface area contributed by atoms with Crippen LogP contribution in [0.1, 0.15) is 18.1 Å². The minimum absolute atomic E-state index is 0.212. The highest BCUT2D eigenvalue weighted by Gasteiger charge is 2.31. The summed E-state index contributed by atoms with van der Waals surface area (Å²) in [6.45, 7) is 2.27. The number of carbonyl (C=O) groups is 2. The Labute approximate surface area is 213 Å². The maximum Gasteiger partial charge on any atom is 0.286 e. The predicted octanol–water partition coefficient (Wildman–Crippen LogP) is 4.23. The fourth-order valence-corrected chi connectivity index (χ4v) is 5.61. The largest absolute Gasteiger partial charge is 0.490 e. The first-order chi connectivity index (χ1) is 17.3. The Hall–Kier alpha value is -3.63. The molecule has 0 radical (unpaired) electrons. The van der Waals surface area contributed by atoms with E-state index >= 15 is 0 Å². The van der Waals surface area contributed by atoms with E-state index in [4.69, 9.17) is 9.57 Å². The van der Waals surface area contributed by atoms with Crippen LogP contribution in [-0.2, 0) is 25.9 Å². The summed E-state index contributed by atoms with van der Waals surface area (Å²) >= 11 is 1.01. The Morgan fingerprint density at radius 2 is 1.58 bits per heavy atom. The van der Waals surface area contributed by atoms with E-state index in [1.807, 2.05) is 12.1 Å². The number of carbonyl (C=O) groups excluding carboxylic acids is 2. The molecule has 0 aliphatic carbocycles. The van der Waals surface area contributed by atoms with E-state index in [1.165, 1.54) is 0 Å². The number of hydrogen-bond donors (Lipinski definition) is 1. The molecule has 36 heavy (non-hydrogen) atoms. The summed E-state index contributed by atoms with van der Waals surface area (Å²) in [5.74, 6) is 0.393. The maximum absolute atomic E-state index is 12.7. The fourth-order valence-electron chi connectivity index (χ4n) is 3.47. The molecule has 0 aromatic heterocycles. The Kier molecular flexibility index (Phi) is 8.07. The second-order valence-electron chi connectivity index (χ2n) is 7.93. The maximum atomic E-state index is 12.7. The van der Waals surface area contributed by atoms with Crippen molar-refractivity contribution in [3.63, 3.8) is 0 Å². The zero-order valence-corrected chi connectivity index (χ0v) is 21.1. The quantitative estimate of drug-likeness (QED) is 0.240. The first kappa shape index (κ1) is 25.5. The van der Waals surface area contributed by atoms with Crippen LogP contribution in [0.2, 0.25) is 0 Å². The number of rotatable bonds is 10. The van der Waals surface area contributed by atoms with Gasteiger partial charge in [-0.1, -0.05) is 59.4 Å². The average Bonchev–Trinajstić information content (AvgIpc) is 3.21. The second-order valence-corrected chi connectivity index (χ2v) is 11.1. The Morgan fingerprint density at radius 1 is 0.917 bits per heavy atom. The summed E-state index contributed by atoms with van der Waals surface area (Å²) in [5, 5.41) is 5.65. The molecule has 4 rings (SSSR count). The third kappa shape index (κ3) is 6.32. The van der Waals surface area contributed by atoms with Gasteiger partial charge in [0.25, 0.3) is 5.24 Å². The molecule has 0 saturated carbocycles. The molecular weight excluding hydrogens is 500 g/mol. The lowest BCUT2D eigenvalue weighted by Crippen LogP contribution is -2.25. The van der Waals surface area contributed by atoms with E-state index in [1.54, 1.807) is 73.7 Å². The standard InChI is InChI=1S/C26H24N2O6S2/c1-18(20-9-13-23(14-10-20)36(31,32)22-5-3-2-4-6-22)28-34-16-15-33-21-11-7-19(8-12-21)17-24-25(29)27-26(30)35-24/h2-14,24H,15-17H2,1H3,(H,27,29,30)/b28-18+. The molecule has 1 unspecified atom stereocenters. The van der Waals surface area contributed by atoms with Gasteiger partial charge in [0.1, 0.15) is 12.4 Å². The summed E-state index contributed by atoms with van der Waals surface area (Å²) in [6, 6.07) is 22.1. The van der Waals surface area contributed by atoms with Gasteiger partial charge in [-0.3, -0.25) is 14.9 Å². The highest BCUT2D eigenvalue weighted by molar-refractivity contribution is 8.15. The molecule has 1 atom stereocenters. The van der Waals surface area contributed by atoms with Crippen LogP contribution in [0.25, 0.3) is 0 Å². The van der Waals surface area contributed by atoms with Crippen LogP contribution in [-0.4, -0.2) is 43.7 Å². The highest BCUT2D eigenvalue weighted by Crippen LogP contribution is 2.24. The summed E-state index contributed by atoms with van der Waals surface area (Å²) in [4.78, 5) is 28.7. The topological polar surface area (TPSA) is 111 Å². The zero-order chi connectivity index (χ0) is 25.5. The zero-order valence-electron chi connectivity index (χ0n) is 19.4. The molecule has 3 aromatic carbocycles. The highest BCUT2D eigenvalue weighted by atomic mass is 32.2. The van der Waals surface area contributed by atoms with Crippen molar-refractivity contribution < 1.29 is 27.6 Å². The number of nitrogens with zero attached hydrogens (tertiary/aromatic N) is 1.